The molecule has 1 aromatic heterocycles. The van der Waals surface area contributed by atoms with Gasteiger partial charge in [-0.15, -0.1) is 0 Å². The first-order chi connectivity index (χ1) is 8.40. The molecule has 3 nitrogen and oxygen atoms in total. The van der Waals surface area contributed by atoms with E-state index in [0.29, 0.717) is 6.01 Å². The third-order valence-corrected chi connectivity index (χ3v) is 2.85. The molecule has 1 aromatic carbocycles. The van der Waals surface area contributed by atoms with Crippen LogP contribution < -0.4 is 5.32 Å². The zero-order valence-electron chi connectivity index (χ0n) is 10.4. The molecular weight excluding hydrogens is 212 g/mol. The number of para-hydroxylation sites is 2. The Morgan fingerprint density at radius 3 is 2.76 bits per heavy atom. The molecule has 0 atom stereocenters. The summed E-state index contributed by atoms with van der Waals surface area (Å²) in [4.78, 5) is 4.37. The van der Waals surface area contributed by atoms with Gasteiger partial charge in [0, 0.05) is 6.54 Å². The van der Waals surface area contributed by atoms with Gasteiger partial charge in [-0.05, 0) is 18.6 Å². The van der Waals surface area contributed by atoms with Crippen LogP contribution in [0.2, 0.25) is 0 Å². The summed E-state index contributed by atoms with van der Waals surface area (Å²) in [6, 6.07) is 8.48. The highest BCUT2D eigenvalue weighted by Crippen LogP contribution is 2.17. The quantitative estimate of drug-likeness (QED) is 0.727. The smallest absolute Gasteiger partial charge is 0.295 e. The van der Waals surface area contributed by atoms with Gasteiger partial charge in [-0.1, -0.05) is 44.7 Å². The normalized spacial score (nSPS) is 10.9. The summed E-state index contributed by atoms with van der Waals surface area (Å²) in [5.74, 6) is 0. The van der Waals surface area contributed by atoms with Gasteiger partial charge in [-0.2, -0.15) is 4.98 Å². The van der Waals surface area contributed by atoms with Crippen molar-refractivity contribution in [1.82, 2.24) is 4.98 Å². The molecule has 2 aromatic rings. The van der Waals surface area contributed by atoms with Crippen molar-refractivity contribution in [3.63, 3.8) is 0 Å². The number of oxazole rings is 1. The van der Waals surface area contributed by atoms with Gasteiger partial charge in [0.1, 0.15) is 5.52 Å². The van der Waals surface area contributed by atoms with E-state index in [9.17, 15) is 0 Å². The number of nitrogens with zero attached hydrogens (tertiary/aromatic N) is 1. The Morgan fingerprint density at radius 1 is 1.12 bits per heavy atom. The van der Waals surface area contributed by atoms with E-state index in [1.165, 1.54) is 32.1 Å². The predicted octanol–water partition coefficient (Wildman–Crippen LogP) is 4.21. The van der Waals surface area contributed by atoms with Gasteiger partial charge >= 0.3 is 0 Å². The van der Waals surface area contributed by atoms with Gasteiger partial charge in [-0.25, -0.2) is 0 Å². The van der Waals surface area contributed by atoms with Crippen molar-refractivity contribution in [2.24, 2.45) is 0 Å². The maximum atomic E-state index is 5.57. The molecule has 0 radical (unpaired) electrons. The van der Waals surface area contributed by atoms with E-state index < -0.39 is 0 Å². The zero-order chi connectivity index (χ0) is 11.9. The van der Waals surface area contributed by atoms with E-state index in [1.807, 2.05) is 24.3 Å². The number of hydrogen-bond donors (Lipinski definition) is 1. The molecule has 0 bridgehead atoms. The highest BCUT2D eigenvalue weighted by atomic mass is 16.4. The fourth-order valence-electron chi connectivity index (χ4n) is 1.87. The van der Waals surface area contributed by atoms with Gasteiger partial charge < -0.3 is 9.73 Å². The largest absolute Gasteiger partial charge is 0.424 e. The molecule has 0 aliphatic rings. The van der Waals surface area contributed by atoms with Crippen molar-refractivity contribution in [1.29, 1.82) is 0 Å². The SMILES string of the molecule is CCCCCCCNc1nc2ccccc2o1. The van der Waals surface area contributed by atoms with Crippen LogP contribution in [0.3, 0.4) is 0 Å². The van der Waals surface area contributed by atoms with Crippen LogP contribution in [0.25, 0.3) is 11.1 Å². The minimum absolute atomic E-state index is 0.640. The zero-order valence-corrected chi connectivity index (χ0v) is 10.4. The molecule has 3 heteroatoms. The molecule has 1 N–H and O–H groups in total. The minimum atomic E-state index is 0.640. The van der Waals surface area contributed by atoms with Crippen molar-refractivity contribution in [3.8, 4) is 0 Å². The topological polar surface area (TPSA) is 38.1 Å². The second-order valence-corrected chi connectivity index (χ2v) is 4.33. The lowest BCUT2D eigenvalue weighted by Crippen LogP contribution is -2.01. The fourth-order valence-corrected chi connectivity index (χ4v) is 1.87. The molecule has 92 valence electrons. The van der Waals surface area contributed by atoms with Gasteiger partial charge in [0.25, 0.3) is 6.01 Å². The summed E-state index contributed by atoms with van der Waals surface area (Å²) >= 11 is 0. The van der Waals surface area contributed by atoms with Crippen LogP contribution >= 0.6 is 0 Å². The van der Waals surface area contributed by atoms with Gasteiger partial charge in [-0.3, -0.25) is 0 Å². The highest BCUT2D eigenvalue weighted by molar-refractivity contribution is 5.74. The number of benzene rings is 1. The average Bonchev–Trinajstić information content (AvgIpc) is 2.76. The third kappa shape index (κ3) is 3.48. The monoisotopic (exact) mass is 232 g/mol. The molecule has 1 heterocycles. The molecule has 17 heavy (non-hydrogen) atoms. The molecule has 0 amide bonds. The number of rotatable bonds is 7. The summed E-state index contributed by atoms with van der Waals surface area (Å²) in [7, 11) is 0. The number of fused-ring (bicyclic) bond motifs is 1. The number of aromatic nitrogens is 1. The van der Waals surface area contributed by atoms with Crippen molar-refractivity contribution in [2.45, 2.75) is 39.0 Å². The molecule has 0 aliphatic carbocycles. The summed E-state index contributed by atoms with van der Waals surface area (Å²) in [6.45, 7) is 3.17. The Hall–Kier alpha value is -1.51. The summed E-state index contributed by atoms with van der Waals surface area (Å²) in [5, 5.41) is 3.23. The Balaban J connectivity index is 1.75. The predicted molar refractivity (Wildman–Crippen MR) is 71.3 cm³/mol. The Bertz CT molecular complexity index is 417. The standard InChI is InChI=1S/C14H20N2O/c1-2-3-4-5-8-11-15-14-16-12-9-6-7-10-13(12)17-14/h6-7,9-10H,2-5,8,11H2,1H3,(H,15,16). The van der Waals surface area contributed by atoms with Crippen LogP contribution in [0.5, 0.6) is 0 Å². The van der Waals surface area contributed by atoms with Gasteiger partial charge in [0.2, 0.25) is 0 Å². The summed E-state index contributed by atoms with van der Waals surface area (Å²) < 4.78 is 5.57. The van der Waals surface area contributed by atoms with Crippen molar-refractivity contribution < 1.29 is 4.42 Å². The maximum absolute atomic E-state index is 5.57. The van der Waals surface area contributed by atoms with Crippen LogP contribution in [0, 0.1) is 0 Å². The third-order valence-electron chi connectivity index (χ3n) is 2.85. The number of anilines is 1. The molecule has 0 spiro atoms. The number of nitrogens with one attached hydrogen (secondary N) is 1. The molecule has 0 fully saturated rings. The minimum Gasteiger partial charge on any atom is -0.424 e. The molecular formula is C14H20N2O. The lowest BCUT2D eigenvalue weighted by Gasteiger charge is -2.00. The molecule has 0 saturated heterocycles. The average molecular weight is 232 g/mol. The fraction of sp³-hybridized carbons (Fsp3) is 0.500. The van der Waals surface area contributed by atoms with E-state index >= 15 is 0 Å². The second kappa shape index (κ2) is 6.28. The number of unbranched alkanes of at least 4 members (excludes halogenated alkanes) is 4. The van der Waals surface area contributed by atoms with Crippen molar-refractivity contribution in [3.05, 3.63) is 24.3 Å². The lowest BCUT2D eigenvalue weighted by molar-refractivity contribution is 0.601. The van der Waals surface area contributed by atoms with Crippen LogP contribution in [0.4, 0.5) is 6.01 Å². The first kappa shape index (κ1) is 12.0. The van der Waals surface area contributed by atoms with Gasteiger partial charge in [0.15, 0.2) is 5.58 Å². The molecule has 0 unspecified atom stereocenters. The van der Waals surface area contributed by atoms with Crippen LogP contribution in [0.1, 0.15) is 39.0 Å². The Kier molecular flexibility index (Phi) is 4.42. The molecule has 0 saturated carbocycles. The number of hydrogen-bond acceptors (Lipinski definition) is 3. The van der Waals surface area contributed by atoms with Crippen LogP contribution in [0.15, 0.2) is 28.7 Å². The Labute approximate surface area is 102 Å². The van der Waals surface area contributed by atoms with E-state index in [-0.39, 0.29) is 0 Å². The summed E-state index contributed by atoms with van der Waals surface area (Å²) in [6.07, 6.45) is 6.41. The lowest BCUT2D eigenvalue weighted by atomic mass is 10.1. The van der Waals surface area contributed by atoms with Crippen LogP contribution in [-0.4, -0.2) is 11.5 Å². The van der Waals surface area contributed by atoms with E-state index in [0.717, 1.165) is 17.6 Å². The summed E-state index contributed by atoms with van der Waals surface area (Å²) in [5.41, 5.74) is 1.77. The van der Waals surface area contributed by atoms with E-state index in [1.54, 1.807) is 0 Å². The van der Waals surface area contributed by atoms with E-state index in [2.05, 4.69) is 17.2 Å². The van der Waals surface area contributed by atoms with E-state index in [4.69, 9.17) is 4.42 Å². The first-order valence-electron chi connectivity index (χ1n) is 6.49. The van der Waals surface area contributed by atoms with Gasteiger partial charge in [0.05, 0.1) is 0 Å². The Morgan fingerprint density at radius 2 is 1.94 bits per heavy atom. The van der Waals surface area contributed by atoms with Crippen LogP contribution in [-0.2, 0) is 0 Å². The molecule has 0 aliphatic heterocycles. The molecule has 2 rings (SSSR count). The highest BCUT2D eigenvalue weighted by Gasteiger charge is 2.02. The maximum Gasteiger partial charge on any atom is 0.295 e. The first-order valence-corrected chi connectivity index (χ1v) is 6.49. The van der Waals surface area contributed by atoms with Crippen molar-refractivity contribution >= 4 is 17.1 Å². The second-order valence-electron chi connectivity index (χ2n) is 4.33. The van der Waals surface area contributed by atoms with Crippen molar-refractivity contribution in [2.75, 3.05) is 11.9 Å².